The van der Waals surface area contributed by atoms with E-state index in [4.69, 9.17) is 0 Å². The van der Waals surface area contributed by atoms with Crippen LogP contribution in [0.1, 0.15) is 0 Å². The summed E-state index contributed by atoms with van der Waals surface area (Å²) >= 11 is 1.25. The molecule has 0 bridgehead atoms. The fraction of sp³-hybridized carbons (Fsp3) is 0. The Morgan fingerprint density at radius 3 is 2.86 bits per heavy atom. The fourth-order valence-corrected chi connectivity index (χ4v) is 1.98. The van der Waals surface area contributed by atoms with Crippen LogP contribution in [0.5, 0.6) is 0 Å². The first-order valence-corrected chi connectivity index (χ1v) is 5.02. The molecule has 1 N–H and O–H groups in total. The Morgan fingerprint density at radius 1 is 1.07 bits per heavy atom. The molecule has 0 spiro atoms. The van der Waals surface area contributed by atoms with Crippen molar-refractivity contribution >= 4 is 22.8 Å². The molecule has 1 aromatic carbocycles. The first-order valence-electron chi connectivity index (χ1n) is 4.29. The van der Waals surface area contributed by atoms with E-state index in [0.717, 1.165) is 22.3 Å². The highest BCUT2D eigenvalue weighted by atomic mass is 32.1. The number of hydrogen-bond donors (Lipinski definition) is 1. The molecule has 0 aliphatic heterocycles. The summed E-state index contributed by atoms with van der Waals surface area (Å²) in [5, 5.41) is 0. The van der Waals surface area contributed by atoms with E-state index < -0.39 is 0 Å². The molecule has 68 valence electrons. The Hall–Kier alpha value is -1.68. The maximum Gasteiger partial charge on any atom is 0.105 e. The summed E-state index contributed by atoms with van der Waals surface area (Å²) in [4.78, 5) is 3.17. The van der Waals surface area contributed by atoms with Crippen molar-refractivity contribution in [1.82, 2.24) is 13.7 Å². The molecule has 14 heavy (non-hydrogen) atoms. The van der Waals surface area contributed by atoms with Crippen molar-refractivity contribution in [3.8, 4) is 11.3 Å². The molecule has 3 nitrogen and oxygen atoms in total. The summed E-state index contributed by atoms with van der Waals surface area (Å²) in [5.74, 6) is 0. The lowest BCUT2D eigenvalue weighted by Crippen LogP contribution is -1.77. The van der Waals surface area contributed by atoms with E-state index in [0.29, 0.717) is 0 Å². The summed E-state index contributed by atoms with van der Waals surface area (Å²) in [7, 11) is 0. The standard InChI is InChI=1S/C10H7N3S/c1-2-8(11-5-1)7-3-4-9-10(6-7)13-14-12-9/h1-6,11H. The third-order valence-corrected chi connectivity index (χ3v) is 2.72. The lowest BCUT2D eigenvalue weighted by atomic mass is 10.1. The van der Waals surface area contributed by atoms with Crippen LogP contribution in [0.2, 0.25) is 0 Å². The summed E-state index contributed by atoms with van der Waals surface area (Å²) in [6, 6.07) is 10.1. The minimum atomic E-state index is 0.960. The molecule has 2 heterocycles. The molecule has 0 fully saturated rings. The van der Waals surface area contributed by atoms with E-state index in [1.165, 1.54) is 11.7 Å². The van der Waals surface area contributed by atoms with Gasteiger partial charge in [-0.15, -0.1) is 0 Å². The van der Waals surface area contributed by atoms with Crippen molar-refractivity contribution in [3.63, 3.8) is 0 Å². The smallest absolute Gasteiger partial charge is 0.105 e. The molecule has 3 aromatic rings. The number of nitrogens with zero attached hydrogens (tertiary/aromatic N) is 2. The number of aromatic amines is 1. The second-order valence-electron chi connectivity index (χ2n) is 3.05. The van der Waals surface area contributed by atoms with Crippen LogP contribution in [0.3, 0.4) is 0 Å². The third-order valence-electron chi connectivity index (χ3n) is 2.16. The van der Waals surface area contributed by atoms with Crippen LogP contribution in [-0.4, -0.2) is 13.7 Å². The molecule has 2 aromatic heterocycles. The number of rotatable bonds is 1. The molecule has 0 radical (unpaired) electrons. The first kappa shape index (κ1) is 7.70. The summed E-state index contributed by atoms with van der Waals surface area (Å²) < 4.78 is 8.37. The van der Waals surface area contributed by atoms with E-state index in [2.05, 4.69) is 19.8 Å². The Balaban J connectivity index is 2.23. The predicted octanol–water partition coefficient (Wildman–Crippen LogP) is 2.69. The van der Waals surface area contributed by atoms with Crippen LogP contribution >= 0.6 is 11.7 Å². The van der Waals surface area contributed by atoms with E-state index in [-0.39, 0.29) is 0 Å². The van der Waals surface area contributed by atoms with Gasteiger partial charge in [0.15, 0.2) is 0 Å². The zero-order chi connectivity index (χ0) is 9.38. The van der Waals surface area contributed by atoms with E-state index in [1.807, 2.05) is 30.5 Å². The first-order chi connectivity index (χ1) is 6.93. The van der Waals surface area contributed by atoms with Crippen LogP contribution in [0.4, 0.5) is 0 Å². The topological polar surface area (TPSA) is 41.6 Å². The highest BCUT2D eigenvalue weighted by molar-refractivity contribution is 7.00. The lowest BCUT2D eigenvalue weighted by Gasteiger charge is -1.96. The average molecular weight is 201 g/mol. The molecule has 3 rings (SSSR count). The maximum atomic E-state index is 4.21. The van der Waals surface area contributed by atoms with Crippen molar-refractivity contribution in [2.45, 2.75) is 0 Å². The van der Waals surface area contributed by atoms with Crippen molar-refractivity contribution in [3.05, 3.63) is 36.5 Å². The highest BCUT2D eigenvalue weighted by Crippen LogP contribution is 2.21. The monoisotopic (exact) mass is 201 g/mol. The normalized spacial score (nSPS) is 10.9. The Morgan fingerprint density at radius 2 is 2.00 bits per heavy atom. The van der Waals surface area contributed by atoms with Crippen LogP contribution in [0.15, 0.2) is 36.5 Å². The molecule has 0 aliphatic carbocycles. The molecule has 0 aliphatic rings. The van der Waals surface area contributed by atoms with Crippen molar-refractivity contribution < 1.29 is 0 Å². The van der Waals surface area contributed by atoms with Gasteiger partial charge in [-0.05, 0) is 24.3 Å². The second-order valence-corrected chi connectivity index (χ2v) is 3.58. The Bertz CT molecular complexity index is 554. The fourth-order valence-electron chi connectivity index (χ4n) is 1.46. The van der Waals surface area contributed by atoms with Gasteiger partial charge in [0.05, 0.1) is 11.7 Å². The van der Waals surface area contributed by atoms with Crippen LogP contribution in [0.25, 0.3) is 22.3 Å². The molecular formula is C10H7N3S. The van der Waals surface area contributed by atoms with Crippen molar-refractivity contribution in [2.24, 2.45) is 0 Å². The van der Waals surface area contributed by atoms with Crippen LogP contribution < -0.4 is 0 Å². The third kappa shape index (κ3) is 1.12. The van der Waals surface area contributed by atoms with Gasteiger partial charge in [0, 0.05) is 17.5 Å². The number of benzene rings is 1. The number of nitrogens with one attached hydrogen (secondary N) is 1. The molecule has 0 atom stereocenters. The van der Waals surface area contributed by atoms with Gasteiger partial charge < -0.3 is 4.98 Å². The van der Waals surface area contributed by atoms with Gasteiger partial charge >= 0.3 is 0 Å². The molecule has 0 saturated carbocycles. The van der Waals surface area contributed by atoms with Crippen LogP contribution in [0, 0.1) is 0 Å². The van der Waals surface area contributed by atoms with E-state index in [9.17, 15) is 0 Å². The van der Waals surface area contributed by atoms with E-state index >= 15 is 0 Å². The molecule has 0 amide bonds. The van der Waals surface area contributed by atoms with Crippen molar-refractivity contribution in [1.29, 1.82) is 0 Å². The highest BCUT2D eigenvalue weighted by Gasteiger charge is 2.01. The molecular weight excluding hydrogens is 194 g/mol. The Kier molecular flexibility index (Phi) is 1.61. The zero-order valence-corrected chi connectivity index (χ0v) is 8.08. The summed E-state index contributed by atoms with van der Waals surface area (Å²) in [6.07, 6.45) is 1.92. The zero-order valence-electron chi connectivity index (χ0n) is 7.27. The Labute approximate surface area is 84.7 Å². The number of fused-ring (bicyclic) bond motifs is 1. The van der Waals surface area contributed by atoms with Gasteiger partial charge in [-0.2, -0.15) is 8.75 Å². The predicted molar refractivity (Wildman–Crippen MR) is 57.2 cm³/mol. The SMILES string of the molecule is c1c[nH]c(-c2ccc3nsnc3c2)c1. The minimum Gasteiger partial charge on any atom is -0.361 e. The van der Waals surface area contributed by atoms with Crippen molar-refractivity contribution in [2.75, 3.05) is 0 Å². The minimum absolute atomic E-state index is 0.960. The molecule has 0 unspecified atom stereocenters. The largest absolute Gasteiger partial charge is 0.361 e. The van der Waals surface area contributed by atoms with Gasteiger partial charge in [0.2, 0.25) is 0 Å². The maximum absolute atomic E-state index is 4.21. The van der Waals surface area contributed by atoms with Crippen LogP contribution in [-0.2, 0) is 0 Å². The number of H-pyrrole nitrogens is 1. The number of aromatic nitrogens is 3. The van der Waals surface area contributed by atoms with E-state index in [1.54, 1.807) is 0 Å². The molecule has 4 heteroatoms. The van der Waals surface area contributed by atoms with Gasteiger partial charge in [-0.1, -0.05) is 6.07 Å². The number of hydrogen-bond acceptors (Lipinski definition) is 3. The quantitative estimate of drug-likeness (QED) is 0.657. The average Bonchev–Trinajstić information content (AvgIpc) is 2.88. The summed E-state index contributed by atoms with van der Waals surface area (Å²) in [6.45, 7) is 0. The van der Waals surface area contributed by atoms with Gasteiger partial charge in [-0.3, -0.25) is 0 Å². The lowest BCUT2D eigenvalue weighted by molar-refractivity contribution is 1.40. The van der Waals surface area contributed by atoms with Gasteiger partial charge in [0.1, 0.15) is 11.0 Å². The molecule has 0 saturated heterocycles. The van der Waals surface area contributed by atoms with Gasteiger partial charge in [-0.25, -0.2) is 0 Å². The summed E-state index contributed by atoms with van der Waals surface area (Å²) in [5.41, 5.74) is 4.18. The van der Waals surface area contributed by atoms with Gasteiger partial charge in [0.25, 0.3) is 0 Å². The second kappa shape index (κ2) is 2.92.